The van der Waals surface area contributed by atoms with E-state index in [-0.39, 0.29) is 24.8 Å². The maximum absolute atomic E-state index is 13.3. The fourth-order valence-electron chi connectivity index (χ4n) is 3.94. The molecule has 0 aromatic heterocycles. The summed E-state index contributed by atoms with van der Waals surface area (Å²) in [7, 11) is -3.69. The Hall–Kier alpha value is -2.59. The SMILES string of the molecule is CC(O[C@H]1OCC[C@@H](C#CCOS(C)(=O)=O)[C@@H]1c1ccccc1)c1cc(C(F)(F)F)cc(C(F)(F)F)c1. The molecule has 0 N–H and O–H groups in total. The zero-order valence-electron chi connectivity index (χ0n) is 19.8. The van der Waals surface area contributed by atoms with Crippen molar-refractivity contribution in [3.05, 3.63) is 70.8 Å². The number of ether oxygens (including phenoxy) is 2. The molecule has 1 fully saturated rings. The van der Waals surface area contributed by atoms with Crippen LogP contribution in [0.2, 0.25) is 0 Å². The Bertz CT molecular complexity index is 1200. The number of hydrogen-bond donors (Lipinski definition) is 0. The lowest BCUT2D eigenvalue weighted by Gasteiger charge is -2.37. The van der Waals surface area contributed by atoms with Crippen LogP contribution in [-0.4, -0.2) is 34.2 Å². The van der Waals surface area contributed by atoms with Gasteiger partial charge in [0.15, 0.2) is 6.29 Å². The van der Waals surface area contributed by atoms with Crippen LogP contribution in [0.25, 0.3) is 0 Å². The highest BCUT2D eigenvalue weighted by molar-refractivity contribution is 7.86. The summed E-state index contributed by atoms with van der Waals surface area (Å²) in [6.45, 7) is 1.13. The molecule has 2 aromatic rings. The second-order valence-corrected chi connectivity index (χ2v) is 10.1. The van der Waals surface area contributed by atoms with E-state index in [1.54, 1.807) is 30.3 Å². The van der Waals surface area contributed by atoms with Gasteiger partial charge >= 0.3 is 12.4 Å². The van der Waals surface area contributed by atoms with Crippen LogP contribution in [-0.2, 0) is 36.1 Å². The topological polar surface area (TPSA) is 61.8 Å². The molecule has 1 aliphatic rings. The molecule has 12 heteroatoms. The van der Waals surface area contributed by atoms with Gasteiger partial charge in [0, 0.05) is 11.8 Å². The lowest BCUT2D eigenvalue weighted by atomic mass is 9.82. The van der Waals surface area contributed by atoms with E-state index in [0.29, 0.717) is 18.6 Å². The highest BCUT2D eigenvalue weighted by Gasteiger charge is 2.39. The Kier molecular flexibility index (Phi) is 8.95. The van der Waals surface area contributed by atoms with Crippen LogP contribution in [0, 0.1) is 17.8 Å². The molecule has 202 valence electrons. The van der Waals surface area contributed by atoms with Crippen molar-refractivity contribution >= 4 is 10.1 Å². The molecule has 37 heavy (non-hydrogen) atoms. The van der Waals surface area contributed by atoms with E-state index < -0.39 is 57.8 Å². The van der Waals surface area contributed by atoms with E-state index in [4.69, 9.17) is 9.47 Å². The molecule has 1 aliphatic heterocycles. The van der Waals surface area contributed by atoms with Crippen molar-refractivity contribution in [3.8, 4) is 11.8 Å². The van der Waals surface area contributed by atoms with Gasteiger partial charge in [-0.05, 0) is 42.7 Å². The van der Waals surface area contributed by atoms with Gasteiger partial charge < -0.3 is 9.47 Å². The number of halogens is 6. The van der Waals surface area contributed by atoms with Gasteiger partial charge in [-0.15, -0.1) is 0 Å². The second-order valence-electron chi connectivity index (χ2n) is 8.48. The van der Waals surface area contributed by atoms with E-state index in [1.165, 1.54) is 6.92 Å². The first-order valence-corrected chi connectivity index (χ1v) is 12.9. The van der Waals surface area contributed by atoms with Crippen LogP contribution in [0.15, 0.2) is 48.5 Å². The average Bonchev–Trinajstić information content (AvgIpc) is 2.80. The van der Waals surface area contributed by atoms with Crippen LogP contribution in [0.5, 0.6) is 0 Å². The van der Waals surface area contributed by atoms with Crippen LogP contribution < -0.4 is 0 Å². The highest BCUT2D eigenvalue weighted by atomic mass is 32.2. The van der Waals surface area contributed by atoms with Crippen molar-refractivity contribution in [3.63, 3.8) is 0 Å². The summed E-state index contributed by atoms with van der Waals surface area (Å²) in [4.78, 5) is 0. The summed E-state index contributed by atoms with van der Waals surface area (Å²) >= 11 is 0. The molecule has 4 atom stereocenters. The third-order valence-corrected chi connectivity index (χ3v) is 6.22. The van der Waals surface area contributed by atoms with Crippen LogP contribution in [0.1, 0.15) is 47.6 Å². The van der Waals surface area contributed by atoms with Crippen molar-refractivity contribution in [2.24, 2.45) is 5.92 Å². The Morgan fingerprint density at radius 2 is 1.62 bits per heavy atom. The molecule has 1 saturated heterocycles. The van der Waals surface area contributed by atoms with Gasteiger partial charge in [0.05, 0.1) is 30.1 Å². The smallest absolute Gasteiger partial charge is 0.352 e. The van der Waals surface area contributed by atoms with Gasteiger partial charge in [-0.2, -0.15) is 34.8 Å². The van der Waals surface area contributed by atoms with E-state index in [9.17, 15) is 34.8 Å². The summed E-state index contributed by atoms with van der Waals surface area (Å²) in [5.74, 6) is 4.63. The summed E-state index contributed by atoms with van der Waals surface area (Å²) in [6, 6.07) is 10.1. The Morgan fingerprint density at radius 1 is 1.03 bits per heavy atom. The van der Waals surface area contributed by atoms with E-state index in [1.807, 2.05) is 0 Å². The molecule has 0 spiro atoms. The number of rotatable bonds is 6. The largest absolute Gasteiger partial charge is 0.416 e. The van der Waals surface area contributed by atoms with Crippen molar-refractivity contribution in [1.82, 2.24) is 0 Å². The molecule has 0 aliphatic carbocycles. The molecule has 1 unspecified atom stereocenters. The maximum atomic E-state index is 13.3. The fraction of sp³-hybridized carbons (Fsp3) is 0.440. The number of benzene rings is 2. The predicted molar refractivity (Wildman–Crippen MR) is 122 cm³/mol. The molecule has 0 bridgehead atoms. The van der Waals surface area contributed by atoms with Crippen molar-refractivity contribution in [2.45, 2.75) is 44.0 Å². The molecule has 3 rings (SSSR count). The van der Waals surface area contributed by atoms with Crippen molar-refractivity contribution in [2.75, 3.05) is 19.5 Å². The summed E-state index contributed by atoms with van der Waals surface area (Å²) in [5.41, 5.74) is -2.46. The fourth-order valence-corrected chi connectivity index (χ4v) is 4.21. The third-order valence-electron chi connectivity index (χ3n) is 5.67. The predicted octanol–water partition coefficient (Wildman–Crippen LogP) is 5.93. The standard InChI is InChI=1S/C25H24F6O5S/c1-16(19-13-20(24(26,27)28)15-21(14-19)25(29,30)31)36-23-22(17-7-4-3-5-8-17)18(10-12-34-23)9-6-11-35-37(2,32)33/h3-5,7-8,13-16,18,22-23H,10-12H2,1-2H3/t16?,18-,22+,23-/m1/s1. The first kappa shape index (κ1) is 29.0. The zero-order valence-corrected chi connectivity index (χ0v) is 20.6. The molecular formula is C25H24F6O5S. The Balaban J connectivity index is 1.92. The highest BCUT2D eigenvalue weighted by Crippen LogP contribution is 2.41. The quantitative estimate of drug-likeness (QED) is 0.254. The van der Waals surface area contributed by atoms with Gasteiger partial charge in [-0.1, -0.05) is 42.2 Å². The van der Waals surface area contributed by atoms with Crippen molar-refractivity contribution in [1.29, 1.82) is 0 Å². The van der Waals surface area contributed by atoms with Gasteiger partial charge in [-0.25, -0.2) is 0 Å². The molecule has 0 amide bonds. The second kappa shape index (κ2) is 11.4. The molecule has 5 nitrogen and oxygen atoms in total. The summed E-state index contributed by atoms with van der Waals surface area (Å²) in [5, 5.41) is 0. The van der Waals surface area contributed by atoms with Gasteiger partial charge in [0.2, 0.25) is 0 Å². The first-order chi connectivity index (χ1) is 17.1. The minimum atomic E-state index is -4.99. The van der Waals surface area contributed by atoms with E-state index >= 15 is 0 Å². The minimum Gasteiger partial charge on any atom is -0.352 e. The lowest BCUT2D eigenvalue weighted by molar-refractivity contribution is -0.204. The van der Waals surface area contributed by atoms with Crippen molar-refractivity contribution < 1.29 is 48.4 Å². The third kappa shape index (κ3) is 8.20. The zero-order chi connectivity index (χ0) is 27.4. The normalized spacial score (nSPS) is 21.7. The van der Waals surface area contributed by atoms with Gasteiger partial charge in [0.25, 0.3) is 10.1 Å². The average molecular weight is 551 g/mol. The molecule has 1 heterocycles. The number of hydrogen-bond acceptors (Lipinski definition) is 5. The Morgan fingerprint density at radius 3 is 2.16 bits per heavy atom. The van der Waals surface area contributed by atoms with Crippen LogP contribution >= 0.6 is 0 Å². The summed E-state index contributed by atoms with van der Waals surface area (Å²) < 4.78 is 119. The lowest BCUT2D eigenvalue weighted by Crippen LogP contribution is -2.37. The number of alkyl halides is 6. The minimum absolute atomic E-state index is 0.0598. The van der Waals surface area contributed by atoms with E-state index in [0.717, 1.165) is 11.8 Å². The molecular weight excluding hydrogens is 526 g/mol. The summed E-state index contributed by atoms with van der Waals surface area (Å²) in [6.07, 6.45) is -10.9. The molecule has 0 saturated carbocycles. The Labute approximate surface area is 210 Å². The van der Waals surface area contributed by atoms with E-state index in [2.05, 4.69) is 16.0 Å². The molecule has 0 radical (unpaired) electrons. The first-order valence-electron chi connectivity index (χ1n) is 11.1. The van der Waals surface area contributed by atoms with Crippen LogP contribution in [0.4, 0.5) is 26.3 Å². The maximum Gasteiger partial charge on any atom is 0.416 e. The van der Waals surface area contributed by atoms with Gasteiger partial charge in [0.1, 0.15) is 6.61 Å². The van der Waals surface area contributed by atoms with Gasteiger partial charge in [-0.3, -0.25) is 4.18 Å². The van der Waals surface area contributed by atoms with Crippen LogP contribution in [0.3, 0.4) is 0 Å². The molecule has 2 aromatic carbocycles. The monoisotopic (exact) mass is 550 g/mol.